The van der Waals surface area contributed by atoms with Gasteiger partial charge in [0.1, 0.15) is 16.9 Å². The Balaban J connectivity index is 1.73. The fraction of sp³-hybridized carbons (Fsp3) is 0.353. The standard InChI is InChI=1S/C17H19N3O2S/c1-9-4-3-5-11(14(9)21)15-18-16(22)13-10-6-7-20(2)8-12(10)23-17(13)19-15/h3-5,15,19,21H,6-8H2,1-2H3,(H,18,22)/t15-/m0/s1. The van der Waals surface area contributed by atoms with Crippen LogP contribution in [0.1, 0.15) is 38.1 Å². The second kappa shape index (κ2) is 5.25. The van der Waals surface area contributed by atoms with E-state index in [1.54, 1.807) is 11.3 Å². The molecular weight excluding hydrogens is 310 g/mol. The Morgan fingerprint density at radius 1 is 1.35 bits per heavy atom. The van der Waals surface area contributed by atoms with Gasteiger partial charge < -0.3 is 20.6 Å². The zero-order valence-electron chi connectivity index (χ0n) is 13.1. The fourth-order valence-electron chi connectivity index (χ4n) is 3.31. The summed E-state index contributed by atoms with van der Waals surface area (Å²) in [6.45, 7) is 3.72. The molecular formula is C17H19N3O2S. The summed E-state index contributed by atoms with van der Waals surface area (Å²) in [7, 11) is 2.10. The van der Waals surface area contributed by atoms with E-state index in [0.717, 1.165) is 35.6 Å². The molecule has 1 atom stereocenters. The molecule has 0 fully saturated rings. The number of aromatic hydroxyl groups is 1. The lowest BCUT2D eigenvalue weighted by molar-refractivity contribution is 0.0934. The van der Waals surface area contributed by atoms with Crippen molar-refractivity contribution in [1.82, 2.24) is 10.2 Å². The van der Waals surface area contributed by atoms with E-state index in [0.29, 0.717) is 5.56 Å². The Hall–Kier alpha value is -2.05. The van der Waals surface area contributed by atoms with Crippen molar-refractivity contribution < 1.29 is 9.90 Å². The van der Waals surface area contributed by atoms with E-state index in [1.165, 1.54) is 10.4 Å². The number of amides is 1. The molecule has 5 nitrogen and oxygen atoms in total. The lowest BCUT2D eigenvalue weighted by Crippen LogP contribution is -2.38. The highest BCUT2D eigenvalue weighted by Crippen LogP contribution is 2.41. The lowest BCUT2D eigenvalue weighted by Gasteiger charge is -2.28. The third-order valence-electron chi connectivity index (χ3n) is 4.61. The summed E-state index contributed by atoms with van der Waals surface area (Å²) >= 11 is 1.66. The molecule has 3 N–H and O–H groups in total. The molecule has 6 heteroatoms. The molecule has 2 aliphatic heterocycles. The number of thiophene rings is 1. The minimum absolute atomic E-state index is 0.0493. The van der Waals surface area contributed by atoms with Gasteiger partial charge in [-0.2, -0.15) is 0 Å². The maximum atomic E-state index is 12.6. The van der Waals surface area contributed by atoms with Crippen molar-refractivity contribution in [3.05, 3.63) is 45.3 Å². The number of rotatable bonds is 1. The Labute approximate surface area is 138 Å². The summed E-state index contributed by atoms with van der Waals surface area (Å²) in [6, 6.07) is 5.59. The molecule has 1 aromatic carbocycles. The van der Waals surface area contributed by atoms with Gasteiger partial charge in [0.05, 0.1) is 5.56 Å². The molecule has 3 heterocycles. The average Bonchev–Trinajstić information content (AvgIpc) is 2.87. The van der Waals surface area contributed by atoms with Crippen LogP contribution in [0.15, 0.2) is 18.2 Å². The van der Waals surface area contributed by atoms with Crippen molar-refractivity contribution in [2.45, 2.75) is 26.1 Å². The van der Waals surface area contributed by atoms with Crippen LogP contribution in [-0.2, 0) is 13.0 Å². The molecule has 1 amide bonds. The minimum atomic E-state index is -0.396. The van der Waals surface area contributed by atoms with Gasteiger partial charge in [0.15, 0.2) is 0 Å². The van der Waals surface area contributed by atoms with Gasteiger partial charge in [0, 0.05) is 23.5 Å². The zero-order chi connectivity index (χ0) is 16.1. The predicted octanol–water partition coefficient (Wildman–Crippen LogP) is 2.60. The van der Waals surface area contributed by atoms with E-state index in [2.05, 4.69) is 22.6 Å². The van der Waals surface area contributed by atoms with Crippen LogP contribution in [0, 0.1) is 6.92 Å². The van der Waals surface area contributed by atoms with Gasteiger partial charge in [-0.15, -0.1) is 11.3 Å². The Morgan fingerprint density at radius 2 is 2.17 bits per heavy atom. The van der Waals surface area contributed by atoms with Crippen molar-refractivity contribution in [3.63, 3.8) is 0 Å². The summed E-state index contributed by atoms with van der Waals surface area (Å²) in [5.74, 6) is 0.182. The van der Waals surface area contributed by atoms with Crippen molar-refractivity contribution >= 4 is 22.2 Å². The summed E-state index contributed by atoms with van der Waals surface area (Å²) in [5, 5.41) is 17.6. The SMILES string of the molecule is Cc1cccc([C@H]2NC(=O)c3c(sc4c3CCN(C)C4)N2)c1O. The van der Waals surface area contributed by atoms with E-state index in [-0.39, 0.29) is 11.7 Å². The number of hydrogen-bond acceptors (Lipinski definition) is 5. The molecule has 0 saturated heterocycles. The molecule has 23 heavy (non-hydrogen) atoms. The minimum Gasteiger partial charge on any atom is -0.507 e. The van der Waals surface area contributed by atoms with Crippen LogP contribution in [0.5, 0.6) is 5.75 Å². The van der Waals surface area contributed by atoms with Crippen LogP contribution in [0.25, 0.3) is 0 Å². The van der Waals surface area contributed by atoms with E-state index >= 15 is 0 Å². The third-order valence-corrected chi connectivity index (χ3v) is 5.75. The number of anilines is 1. The third kappa shape index (κ3) is 2.29. The maximum absolute atomic E-state index is 12.6. The number of nitrogens with zero attached hydrogens (tertiary/aromatic N) is 1. The number of carbonyl (C=O) groups excluding carboxylic acids is 1. The Bertz CT molecular complexity index is 799. The highest BCUT2D eigenvalue weighted by molar-refractivity contribution is 7.16. The fourth-order valence-corrected chi connectivity index (χ4v) is 4.67. The number of phenols is 1. The Morgan fingerprint density at radius 3 is 3.00 bits per heavy atom. The topological polar surface area (TPSA) is 64.6 Å². The van der Waals surface area contributed by atoms with Crippen molar-refractivity contribution in [3.8, 4) is 5.75 Å². The van der Waals surface area contributed by atoms with Crippen molar-refractivity contribution in [1.29, 1.82) is 0 Å². The van der Waals surface area contributed by atoms with E-state index in [4.69, 9.17) is 0 Å². The summed E-state index contributed by atoms with van der Waals surface area (Å²) < 4.78 is 0. The molecule has 0 aliphatic carbocycles. The smallest absolute Gasteiger partial charge is 0.256 e. The van der Waals surface area contributed by atoms with E-state index in [9.17, 15) is 9.90 Å². The molecule has 0 saturated carbocycles. The van der Waals surface area contributed by atoms with Gasteiger partial charge >= 0.3 is 0 Å². The Kier molecular flexibility index (Phi) is 3.32. The average molecular weight is 329 g/mol. The van der Waals surface area contributed by atoms with Crippen LogP contribution in [0.3, 0.4) is 0 Å². The molecule has 0 radical (unpaired) electrons. The lowest BCUT2D eigenvalue weighted by atomic mass is 10.00. The molecule has 0 spiro atoms. The zero-order valence-corrected chi connectivity index (χ0v) is 14.0. The number of likely N-dealkylation sites (N-methyl/N-ethyl adjacent to an activating group) is 1. The monoisotopic (exact) mass is 329 g/mol. The molecule has 0 bridgehead atoms. The van der Waals surface area contributed by atoms with Gasteiger partial charge in [-0.05, 0) is 31.5 Å². The first-order chi connectivity index (χ1) is 11.0. The van der Waals surface area contributed by atoms with Crippen LogP contribution in [0.2, 0.25) is 0 Å². The highest BCUT2D eigenvalue weighted by Gasteiger charge is 2.33. The van der Waals surface area contributed by atoms with Crippen molar-refractivity contribution in [2.75, 3.05) is 18.9 Å². The number of para-hydroxylation sites is 1. The van der Waals surface area contributed by atoms with Crippen LogP contribution in [0.4, 0.5) is 5.00 Å². The first-order valence-electron chi connectivity index (χ1n) is 7.73. The van der Waals surface area contributed by atoms with Crippen LogP contribution >= 0.6 is 11.3 Å². The molecule has 0 unspecified atom stereocenters. The summed E-state index contributed by atoms with van der Waals surface area (Å²) in [4.78, 5) is 16.2. The second-order valence-electron chi connectivity index (χ2n) is 6.26. The number of benzene rings is 1. The van der Waals surface area contributed by atoms with Crippen molar-refractivity contribution in [2.24, 2.45) is 0 Å². The van der Waals surface area contributed by atoms with Gasteiger partial charge in [-0.25, -0.2) is 0 Å². The van der Waals surface area contributed by atoms with Gasteiger partial charge in [-0.3, -0.25) is 4.79 Å². The number of hydrogen-bond donors (Lipinski definition) is 3. The molecule has 2 aromatic rings. The molecule has 4 rings (SSSR count). The second-order valence-corrected chi connectivity index (χ2v) is 7.36. The number of fused-ring (bicyclic) bond motifs is 3. The number of aryl methyl sites for hydroxylation is 1. The number of phenolic OH excluding ortho intramolecular Hbond substituents is 1. The van der Waals surface area contributed by atoms with Gasteiger partial charge in [0.2, 0.25) is 0 Å². The number of nitrogens with one attached hydrogen (secondary N) is 2. The highest BCUT2D eigenvalue weighted by atomic mass is 32.1. The predicted molar refractivity (Wildman–Crippen MR) is 91.0 cm³/mol. The molecule has 1 aromatic heterocycles. The van der Waals surface area contributed by atoms with E-state index < -0.39 is 6.17 Å². The quantitative estimate of drug-likeness (QED) is 0.752. The summed E-state index contributed by atoms with van der Waals surface area (Å²) in [5.41, 5.74) is 3.48. The van der Waals surface area contributed by atoms with Crippen LogP contribution < -0.4 is 10.6 Å². The summed E-state index contributed by atoms with van der Waals surface area (Å²) in [6.07, 6.45) is 0.514. The maximum Gasteiger partial charge on any atom is 0.256 e. The number of carbonyl (C=O) groups is 1. The first-order valence-corrected chi connectivity index (χ1v) is 8.55. The molecule has 2 aliphatic rings. The normalized spacial score (nSPS) is 20.4. The first kappa shape index (κ1) is 14.5. The molecule has 120 valence electrons. The van der Waals surface area contributed by atoms with Gasteiger partial charge in [-0.1, -0.05) is 18.2 Å². The van der Waals surface area contributed by atoms with Crippen LogP contribution in [-0.4, -0.2) is 29.5 Å². The largest absolute Gasteiger partial charge is 0.507 e. The van der Waals surface area contributed by atoms with Gasteiger partial charge in [0.25, 0.3) is 5.91 Å². The van der Waals surface area contributed by atoms with E-state index in [1.807, 2.05) is 25.1 Å².